The number of amides is 1. The van der Waals surface area contributed by atoms with Crippen molar-refractivity contribution >= 4 is 17.4 Å². The molecule has 1 heterocycles. The molecule has 1 aliphatic rings. The van der Waals surface area contributed by atoms with Gasteiger partial charge in [-0.15, -0.1) is 0 Å². The highest BCUT2D eigenvalue weighted by Gasteiger charge is 2.45. The minimum absolute atomic E-state index is 0.119. The number of aryl methyl sites for hydroxylation is 1. The quantitative estimate of drug-likeness (QED) is 0.365. The third kappa shape index (κ3) is 4.78. The number of aliphatic hydroxyl groups is 1. The minimum atomic E-state index is -0.624. The number of carbonyl (C=O) groups excluding carboxylic acids is 2. The van der Waals surface area contributed by atoms with E-state index in [4.69, 9.17) is 0 Å². The molecule has 2 aromatic rings. The standard InChI is InChI=1S/C27H34N2O3/c1-6-28(7-2)16-17-29-24(21-14-12-20(13-15-21)18(3)4)23(26(31)27(29)32)25(30)22-10-8-19(5)9-11-22/h8-15,18,24,30H,6-7,16-17H2,1-5H3/b25-23-. The second-order valence-electron chi connectivity index (χ2n) is 8.71. The van der Waals surface area contributed by atoms with E-state index in [0.717, 1.165) is 24.2 Å². The average molecular weight is 435 g/mol. The summed E-state index contributed by atoms with van der Waals surface area (Å²) in [5, 5.41) is 11.1. The Morgan fingerprint density at radius 2 is 1.59 bits per heavy atom. The molecule has 1 amide bonds. The molecular formula is C27H34N2O3. The van der Waals surface area contributed by atoms with Crippen LogP contribution in [0.15, 0.2) is 54.1 Å². The van der Waals surface area contributed by atoms with Crippen LogP contribution in [0.2, 0.25) is 0 Å². The van der Waals surface area contributed by atoms with Gasteiger partial charge < -0.3 is 14.9 Å². The lowest BCUT2D eigenvalue weighted by molar-refractivity contribution is -0.140. The number of ketones is 1. The number of nitrogens with zero attached hydrogens (tertiary/aromatic N) is 2. The molecular weight excluding hydrogens is 400 g/mol. The van der Waals surface area contributed by atoms with Crippen molar-refractivity contribution in [3.8, 4) is 0 Å². The largest absolute Gasteiger partial charge is 0.507 e. The molecule has 1 unspecified atom stereocenters. The van der Waals surface area contributed by atoms with Crippen molar-refractivity contribution in [1.29, 1.82) is 0 Å². The summed E-state index contributed by atoms with van der Waals surface area (Å²) in [4.78, 5) is 30.0. The summed E-state index contributed by atoms with van der Waals surface area (Å²) >= 11 is 0. The van der Waals surface area contributed by atoms with Gasteiger partial charge in [-0.05, 0) is 37.1 Å². The molecule has 0 aliphatic carbocycles. The normalized spacial score (nSPS) is 18.2. The summed E-state index contributed by atoms with van der Waals surface area (Å²) in [6.07, 6.45) is 0. The van der Waals surface area contributed by atoms with Crippen molar-refractivity contribution in [2.45, 2.75) is 46.6 Å². The number of likely N-dealkylation sites (tertiary alicyclic amines) is 1. The number of Topliss-reactive ketones (excluding diaryl/α,β-unsaturated/α-hetero) is 1. The first-order valence-corrected chi connectivity index (χ1v) is 11.5. The smallest absolute Gasteiger partial charge is 0.295 e. The SMILES string of the molecule is CCN(CC)CCN1C(=O)C(=O)/C(=C(\O)c2ccc(C)cc2)C1c1ccc(C(C)C)cc1. The Morgan fingerprint density at radius 1 is 1.00 bits per heavy atom. The lowest BCUT2D eigenvalue weighted by Crippen LogP contribution is -2.38. The maximum atomic E-state index is 13.1. The fourth-order valence-electron chi connectivity index (χ4n) is 4.18. The van der Waals surface area contributed by atoms with Gasteiger partial charge in [-0.2, -0.15) is 0 Å². The van der Waals surface area contributed by atoms with Gasteiger partial charge in [-0.1, -0.05) is 81.8 Å². The summed E-state index contributed by atoms with van der Waals surface area (Å²) in [7, 11) is 0. The zero-order chi connectivity index (χ0) is 23.4. The second-order valence-corrected chi connectivity index (χ2v) is 8.71. The monoisotopic (exact) mass is 434 g/mol. The van der Waals surface area contributed by atoms with Crippen LogP contribution in [0.1, 0.15) is 61.9 Å². The fourth-order valence-corrected chi connectivity index (χ4v) is 4.18. The first-order valence-electron chi connectivity index (χ1n) is 11.5. The van der Waals surface area contributed by atoms with Gasteiger partial charge in [-0.25, -0.2) is 0 Å². The highest BCUT2D eigenvalue weighted by molar-refractivity contribution is 6.46. The first-order chi connectivity index (χ1) is 15.3. The molecule has 2 aromatic carbocycles. The number of benzene rings is 2. The maximum absolute atomic E-state index is 13.1. The molecule has 1 aliphatic heterocycles. The fraction of sp³-hybridized carbons (Fsp3) is 0.407. The van der Waals surface area contributed by atoms with Crippen LogP contribution in [0, 0.1) is 6.92 Å². The van der Waals surface area contributed by atoms with Gasteiger partial charge >= 0.3 is 0 Å². The van der Waals surface area contributed by atoms with Crippen LogP contribution in [0.25, 0.3) is 5.76 Å². The van der Waals surface area contributed by atoms with Crippen LogP contribution in [0.5, 0.6) is 0 Å². The summed E-state index contributed by atoms with van der Waals surface area (Å²) in [6.45, 7) is 13.2. The summed E-state index contributed by atoms with van der Waals surface area (Å²) in [5.74, 6) is -0.915. The molecule has 1 fully saturated rings. The van der Waals surface area contributed by atoms with Gasteiger partial charge in [-0.3, -0.25) is 9.59 Å². The van der Waals surface area contributed by atoms with E-state index in [0.29, 0.717) is 24.6 Å². The molecule has 32 heavy (non-hydrogen) atoms. The third-order valence-corrected chi connectivity index (χ3v) is 6.34. The van der Waals surface area contributed by atoms with Crippen molar-refractivity contribution < 1.29 is 14.7 Å². The molecule has 0 spiro atoms. The van der Waals surface area contributed by atoms with Crippen LogP contribution in [-0.2, 0) is 9.59 Å². The Bertz CT molecular complexity index is 987. The number of likely N-dealkylation sites (N-methyl/N-ethyl adjacent to an activating group) is 1. The van der Waals surface area contributed by atoms with Crippen molar-refractivity contribution in [1.82, 2.24) is 9.80 Å². The van der Waals surface area contributed by atoms with Crippen LogP contribution in [-0.4, -0.2) is 52.8 Å². The zero-order valence-corrected chi connectivity index (χ0v) is 19.8. The lowest BCUT2D eigenvalue weighted by Gasteiger charge is -2.28. The number of rotatable bonds is 8. The van der Waals surface area contributed by atoms with E-state index in [1.54, 1.807) is 17.0 Å². The van der Waals surface area contributed by atoms with Crippen molar-refractivity contribution in [3.05, 3.63) is 76.4 Å². The van der Waals surface area contributed by atoms with Crippen molar-refractivity contribution in [2.24, 2.45) is 0 Å². The van der Waals surface area contributed by atoms with E-state index in [1.165, 1.54) is 5.56 Å². The highest BCUT2D eigenvalue weighted by atomic mass is 16.3. The molecule has 170 valence electrons. The first kappa shape index (κ1) is 23.7. The van der Waals surface area contributed by atoms with E-state index in [-0.39, 0.29) is 11.3 Å². The molecule has 5 heteroatoms. The summed E-state index contributed by atoms with van der Waals surface area (Å²) < 4.78 is 0. The molecule has 0 aromatic heterocycles. The average Bonchev–Trinajstić information content (AvgIpc) is 3.04. The Morgan fingerprint density at radius 3 is 2.12 bits per heavy atom. The molecule has 3 rings (SSSR count). The predicted molar refractivity (Wildman–Crippen MR) is 129 cm³/mol. The predicted octanol–water partition coefficient (Wildman–Crippen LogP) is 4.88. The Balaban J connectivity index is 2.09. The van der Waals surface area contributed by atoms with Crippen molar-refractivity contribution in [2.75, 3.05) is 26.2 Å². The van der Waals surface area contributed by atoms with Crippen LogP contribution >= 0.6 is 0 Å². The van der Waals surface area contributed by atoms with Crippen LogP contribution in [0.4, 0.5) is 0 Å². The molecule has 0 saturated carbocycles. The number of hydrogen-bond acceptors (Lipinski definition) is 4. The summed E-state index contributed by atoms with van der Waals surface area (Å²) in [5.41, 5.74) is 3.79. The summed E-state index contributed by atoms with van der Waals surface area (Å²) in [6, 6.07) is 14.8. The van der Waals surface area contributed by atoms with Gasteiger partial charge in [0.15, 0.2) is 0 Å². The van der Waals surface area contributed by atoms with Crippen LogP contribution in [0.3, 0.4) is 0 Å². The maximum Gasteiger partial charge on any atom is 0.295 e. The third-order valence-electron chi connectivity index (χ3n) is 6.34. The molecule has 1 N–H and O–H groups in total. The number of hydrogen-bond donors (Lipinski definition) is 1. The topological polar surface area (TPSA) is 60.9 Å². The molecule has 1 saturated heterocycles. The van der Waals surface area contributed by atoms with Gasteiger partial charge in [0.25, 0.3) is 11.7 Å². The van der Waals surface area contributed by atoms with Gasteiger partial charge in [0.2, 0.25) is 0 Å². The number of carbonyl (C=O) groups is 2. The van der Waals surface area contributed by atoms with E-state index < -0.39 is 17.7 Å². The van der Waals surface area contributed by atoms with E-state index in [2.05, 4.69) is 32.6 Å². The van der Waals surface area contributed by atoms with Gasteiger partial charge in [0.05, 0.1) is 11.6 Å². The van der Waals surface area contributed by atoms with E-state index in [1.807, 2.05) is 43.3 Å². The molecule has 0 radical (unpaired) electrons. The highest BCUT2D eigenvalue weighted by Crippen LogP contribution is 2.39. The Hall–Kier alpha value is -2.92. The Kier molecular flexibility index (Phi) is 7.52. The van der Waals surface area contributed by atoms with E-state index >= 15 is 0 Å². The minimum Gasteiger partial charge on any atom is -0.507 e. The Labute approximate surface area is 191 Å². The van der Waals surface area contributed by atoms with Crippen molar-refractivity contribution in [3.63, 3.8) is 0 Å². The van der Waals surface area contributed by atoms with Gasteiger partial charge in [0, 0.05) is 18.7 Å². The van der Waals surface area contributed by atoms with Crippen LogP contribution < -0.4 is 0 Å². The number of aliphatic hydroxyl groups excluding tert-OH is 1. The van der Waals surface area contributed by atoms with Gasteiger partial charge in [0.1, 0.15) is 5.76 Å². The molecule has 5 nitrogen and oxygen atoms in total. The zero-order valence-electron chi connectivity index (χ0n) is 19.8. The molecule has 1 atom stereocenters. The molecule has 0 bridgehead atoms. The van der Waals surface area contributed by atoms with E-state index in [9.17, 15) is 14.7 Å². The second kappa shape index (κ2) is 10.1. The lowest BCUT2D eigenvalue weighted by atomic mass is 9.93.